The van der Waals surface area contributed by atoms with Gasteiger partial charge < -0.3 is 14.9 Å². The number of carbonyl (C=O) groups is 1. The minimum Gasteiger partial charge on any atom is -0.480 e. The second-order valence-electron chi connectivity index (χ2n) is 12.9. The highest BCUT2D eigenvalue weighted by atomic mass is 35.5. The summed E-state index contributed by atoms with van der Waals surface area (Å²) in [5, 5.41) is 10.1. The molecule has 0 spiro atoms. The quantitative estimate of drug-likeness (QED) is 0.0599. The summed E-state index contributed by atoms with van der Waals surface area (Å²) in [6.07, 6.45) is 35.3. The highest BCUT2D eigenvalue weighted by Crippen LogP contribution is 2.62. The van der Waals surface area contributed by atoms with Gasteiger partial charge in [0.2, 0.25) is 0 Å². The monoisotopic (exact) mass is 724 g/mol. The molecule has 4 N–H and O–H groups in total. The van der Waals surface area contributed by atoms with Gasteiger partial charge in [-0.1, -0.05) is 107 Å². The molecule has 0 bridgehead atoms. The van der Waals surface area contributed by atoms with Crippen molar-refractivity contribution in [1.82, 2.24) is 5.32 Å². The normalized spacial score (nSPS) is 11.6. The third-order valence-electron chi connectivity index (χ3n) is 8.48. The zero-order valence-electron chi connectivity index (χ0n) is 31.3. The standard InChI is InChI=1S/2C16H36P.C3H8NO5P.ClH/c2*1-5-9-13-17(14-10-6-2,15-11-7-3)16-12-8-4;5-3(6)1-4-2-10(7,8)9;/h2*5-16H2,1-4H3;4H,1-2H2,(H,5,6)(H2,7,8,9);1H/q2*+1;;. The maximum Gasteiger partial charge on any atom is 0.339 e. The lowest BCUT2D eigenvalue weighted by Gasteiger charge is -2.28. The van der Waals surface area contributed by atoms with Gasteiger partial charge >= 0.3 is 13.6 Å². The van der Waals surface area contributed by atoms with Crippen LogP contribution in [0.1, 0.15) is 158 Å². The molecule has 0 radical (unpaired) electrons. The number of carboxylic acids is 1. The number of carboxylic acid groups (broad SMARTS) is 1. The molecule has 6 nitrogen and oxygen atoms in total. The first-order chi connectivity index (χ1) is 20.9. The molecule has 0 aliphatic carbocycles. The first-order valence-corrected chi connectivity index (χ1v) is 25.4. The number of aliphatic carboxylic acids is 1. The summed E-state index contributed by atoms with van der Waals surface area (Å²) in [5.74, 6) is -1.14. The van der Waals surface area contributed by atoms with Gasteiger partial charge in [-0.15, -0.1) is 12.4 Å². The molecule has 0 saturated carbocycles. The summed E-state index contributed by atoms with van der Waals surface area (Å²) in [6, 6.07) is 0. The molecule has 0 aliphatic rings. The van der Waals surface area contributed by atoms with Gasteiger partial charge in [-0.05, 0) is 51.4 Å². The SMILES string of the molecule is CCCC[P+](CCCC)(CCCC)CCCC.CCCC[P+](CCCC)(CCCC)CCCC.Cl.O=C(O)CNCP(=O)(O)O. The zero-order valence-corrected chi connectivity index (χ0v) is 34.8. The van der Waals surface area contributed by atoms with E-state index in [9.17, 15) is 9.36 Å². The van der Waals surface area contributed by atoms with E-state index in [2.05, 4.69) is 60.7 Å². The van der Waals surface area contributed by atoms with Crippen molar-refractivity contribution in [2.75, 3.05) is 62.1 Å². The first-order valence-electron chi connectivity index (χ1n) is 18.6. The summed E-state index contributed by atoms with van der Waals surface area (Å²) in [5.41, 5.74) is 0. The van der Waals surface area contributed by atoms with Gasteiger partial charge in [0.25, 0.3) is 0 Å². The lowest BCUT2D eigenvalue weighted by atomic mass is 10.4. The van der Waals surface area contributed by atoms with E-state index >= 15 is 0 Å². The van der Waals surface area contributed by atoms with E-state index in [1.165, 1.54) is 103 Å². The van der Waals surface area contributed by atoms with Crippen molar-refractivity contribution in [3.05, 3.63) is 0 Å². The predicted octanol–water partition coefficient (Wildman–Crippen LogP) is 11.6. The molecular formula is C35H81ClNO5P3+2. The van der Waals surface area contributed by atoms with Crippen molar-refractivity contribution in [2.24, 2.45) is 0 Å². The van der Waals surface area contributed by atoms with Gasteiger partial charge in [-0.2, -0.15) is 0 Å². The maximum atomic E-state index is 10.1. The predicted molar refractivity (Wildman–Crippen MR) is 212 cm³/mol. The summed E-state index contributed by atoms with van der Waals surface area (Å²) in [4.78, 5) is 26.1. The van der Waals surface area contributed by atoms with Crippen molar-refractivity contribution in [1.29, 1.82) is 0 Å². The second-order valence-corrected chi connectivity index (χ2v) is 23.5. The highest BCUT2D eigenvalue weighted by molar-refractivity contribution is 7.76. The molecule has 0 heterocycles. The molecule has 276 valence electrons. The van der Waals surface area contributed by atoms with Crippen LogP contribution in [0, 0.1) is 0 Å². The molecule has 45 heavy (non-hydrogen) atoms. The van der Waals surface area contributed by atoms with Crippen molar-refractivity contribution in [3.8, 4) is 0 Å². The van der Waals surface area contributed by atoms with Crippen molar-refractivity contribution >= 4 is 40.5 Å². The van der Waals surface area contributed by atoms with E-state index in [0.29, 0.717) is 0 Å². The third-order valence-corrected chi connectivity index (χ3v) is 19.2. The van der Waals surface area contributed by atoms with E-state index in [1.54, 1.807) is 49.3 Å². The number of rotatable bonds is 28. The van der Waals surface area contributed by atoms with E-state index in [4.69, 9.17) is 14.9 Å². The summed E-state index contributed by atoms with van der Waals surface area (Å²) < 4.78 is 10.1. The van der Waals surface area contributed by atoms with Crippen LogP contribution < -0.4 is 5.32 Å². The molecule has 0 aromatic carbocycles. The Morgan fingerprint density at radius 3 is 0.844 bits per heavy atom. The number of unbranched alkanes of at least 4 members (excludes halogenated alkanes) is 8. The van der Waals surface area contributed by atoms with Crippen LogP contribution in [0.25, 0.3) is 0 Å². The number of halogens is 1. The maximum absolute atomic E-state index is 10.1. The van der Waals surface area contributed by atoms with Crippen LogP contribution in [0.2, 0.25) is 0 Å². The first kappa shape index (κ1) is 52.5. The minimum atomic E-state index is -4.10. The van der Waals surface area contributed by atoms with Crippen LogP contribution in [-0.2, 0) is 9.36 Å². The fraction of sp³-hybridized carbons (Fsp3) is 0.971. The van der Waals surface area contributed by atoms with Gasteiger partial charge in [-0.3, -0.25) is 14.7 Å². The van der Waals surface area contributed by atoms with E-state index in [0.717, 1.165) is 0 Å². The van der Waals surface area contributed by atoms with Gasteiger partial charge in [0.1, 0.15) is 0 Å². The Hall–Kier alpha value is 0.730. The Morgan fingerprint density at radius 1 is 0.511 bits per heavy atom. The van der Waals surface area contributed by atoms with Crippen molar-refractivity contribution in [2.45, 2.75) is 158 Å². The van der Waals surface area contributed by atoms with Gasteiger partial charge in [-0.25, -0.2) is 0 Å². The summed E-state index contributed by atoms with van der Waals surface area (Å²) >= 11 is 0. The van der Waals surface area contributed by atoms with E-state index < -0.39 is 40.9 Å². The Labute approximate surface area is 289 Å². The summed E-state index contributed by atoms with van der Waals surface area (Å²) in [7, 11) is -5.22. The van der Waals surface area contributed by atoms with Gasteiger partial charge in [0.05, 0.1) is 62.1 Å². The topological polar surface area (TPSA) is 107 Å². The number of hydrogen-bond acceptors (Lipinski definition) is 3. The molecule has 0 unspecified atom stereocenters. The molecule has 0 fully saturated rings. The largest absolute Gasteiger partial charge is 0.480 e. The molecular weight excluding hydrogens is 643 g/mol. The summed E-state index contributed by atoms with van der Waals surface area (Å²) in [6.45, 7) is 18.4. The van der Waals surface area contributed by atoms with Crippen LogP contribution in [0.15, 0.2) is 0 Å². The minimum absolute atomic E-state index is 0. The van der Waals surface area contributed by atoms with E-state index in [-0.39, 0.29) is 12.4 Å². The molecule has 0 rings (SSSR count). The number of nitrogens with one attached hydrogen (secondary N) is 1. The van der Waals surface area contributed by atoms with E-state index in [1.807, 2.05) is 0 Å². The smallest absolute Gasteiger partial charge is 0.339 e. The number of hydrogen-bond donors (Lipinski definition) is 4. The Morgan fingerprint density at radius 2 is 0.711 bits per heavy atom. The fourth-order valence-electron chi connectivity index (χ4n) is 5.60. The van der Waals surface area contributed by atoms with Crippen LogP contribution in [0.5, 0.6) is 0 Å². The molecule has 0 aromatic rings. The average Bonchev–Trinajstić information content (AvgIpc) is 2.99. The lowest BCUT2D eigenvalue weighted by Crippen LogP contribution is -2.23. The molecule has 10 heteroatoms. The molecule has 0 aliphatic heterocycles. The molecule has 0 amide bonds. The molecule has 0 atom stereocenters. The average molecular weight is 724 g/mol. The Kier molecular flexibility index (Phi) is 42.1. The van der Waals surface area contributed by atoms with Crippen LogP contribution >= 0.6 is 34.5 Å². The third kappa shape index (κ3) is 35.8. The van der Waals surface area contributed by atoms with Crippen molar-refractivity contribution in [3.63, 3.8) is 0 Å². The molecule has 0 saturated heterocycles. The van der Waals surface area contributed by atoms with Crippen molar-refractivity contribution < 1.29 is 24.3 Å². The van der Waals surface area contributed by atoms with Crippen LogP contribution in [0.4, 0.5) is 0 Å². The van der Waals surface area contributed by atoms with Gasteiger partial charge in [0.15, 0.2) is 0 Å². The second kappa shape index (κ2) is 36.0. The molecule has 0 aromatic heterocycles. The Bertz CT molecular complexity index is 556. The lowest BCUT2D eigenvalue weighted by molar-refractivity contribution is -0.135. The Balaban J connectivity index is -0.000000287. The zero-order chi connectivity index (χ0) is 34.2. The fourth-order valence-corrected chi connectivity index (χ4v) is 16.6. The highest BCUT2D eigenvalue weighted by Gasteiger charge is 2.35. The van der Waals surface area contributed by atoms with Crippen LogP contribution in [-0.4, -0.2) is 83.0 Å². The van der Waals surface area contributed by atoms with Gasteiger partial charge in [0, 0.05) is 14.5 Å². The van der Waals surface area contributed by atoms with Crippen LogP contribution in [0.3, 0.4) is 0 Å².